The van der Waals surface area contributed by atoms with E-state index in [0.717, 1.165) is 28.8 Å². The molecule has 1 aliphatic heterocycles. The fourth-order valence-corrected chi connectivity index (χ4v) is 3.14. The van der Waals surface area contributed by atoms with Crippen LogP contribution in [0.25, 0.3) is 22.3 Å². The van der Waals surface area contributed by atoms with Crippen LogP contribution in [0.15, 0.2) is 24.4 Å². The lowest BCUT2D eigenvalue weighted by molar-refractivity contribution is -0.131. The van der Waals surface area contributed by atoms with Crippen molar-refractivity contribution in [3.05, 3.63) is 24.4 Å². The molecule has 1 aliphatic rings. The predicted octanol–water partition coefficient (Wildman–Crippen LogP) is 2.40. The predicted molar refractivity (Wildman–Crippen MR) is 96.8 cm³/mol. The molecule has 0 unspecified atom stereocenters. The van der Waals surface area contributed by atoms with Gasteiger partial charge in [0.2, 0.25) is 5.91 Å². The van der Waals surface area contributed by atoms with Crippen LogP contribution in [0.1, 0.15) is 32.7 Å². The first-order chi connectivity index (χ1) is 12.5. The molecule has 3 heterocycles. The zero-order valence-electron chi connectivity index (χ0n) is 15.1. The molecule has 1 aromatic carbocycles. The summed E-state index contributed by atoms with van der Waals surface area (Å²) in [5.41, 5.74) is 2.32. The molecule has 8 nitrogen and oxygen atoms in total. The first-order valence-electron chi connectivity index (χ1n) is 8.82. The topological polar surface area (TPSA) is 88.9 Å². The SMILES string of the molecule is C[C@@H]1CCN(C)C(=O)C[C@H](C)n2ncc(n2)-c2n[nH]c3ccc(cc23)O1. The van der Waals surface area contributed by atoms with Gasteiger partial charge >= 0.3 is 0 Å². The molecule has 136 valence electrons. The standard InChI is InChI=1S/C18H22N6O2/c1-11-8-17(25)23(3)7-6-12(2)26-13-4-5-15-14(9-13)18(21-20-15)16-10-19-24(11)22-16/h4-5,9-12H,6-8H2,1-3H3,(H,20,21)/t11-,12+/m0/s1. The van der Waals surface area contributed by atoms with Crippen molar-refractivity contribution in [2.45, 2.75) is 38.8 Å². The van der Waals surface area contributed by atoms with Crippen LogP contribution in [-0.2, 0) is 4.79 Å². The van der Waals surface area contributed by atoms with E-state index in [-0.39, 0.29) is 18.1 Å². The highest BCUT2D eigenvalue weighted by Gasteiger charge is 2.20. The van der Waals surface area contributed by atoms with E-state index in [9.17, 15) is 4.79 Å². The summed E-state index contributed by atoms with van der Waals surface area (Å²) in [6.07, 6.45) is 2.79. The van der Waals surface area contributed by atoms with E-state index in [1.54, 1.807) is 15.9 Å². The molecule has 0 saturated carbocycles. The third-order valence-electron chi connectivity index (χ3n) is 4.78. The van der Waals surface area contributed by atoms with Crippen LogP contribution in [0.5, 0.6) is 5.75 Å². The van der Waals surface area contributed by atoms with Crippen molar-refractivity contribution in [2.24, 2.45) is 0 Å². The summed E-state index contributed by atoms with van der Waals surface area (Å²) in [6.45, 7) is 4.60. The molecule has 2 aromatic heterocycles. The minimum absolute atomic E-state index is 0.000271. The first-order valence-corrected chi connectivity index (χ1v) is 8.82. The molecule has 4 rings (SSSR count). The van der Waals surface area contributed by atoms with Crippen LogP contribution in [-0.4, -0.2) is 55.7 Å². The van der Waals surface area contributed by atoms with Gasteiger partial charge in [0, 0.05) is 25.4 Å². The Morgan fingerprint density at radius 1 is 1.31 bits per heavy atom. The molecule has 2 atom stereocenters. The highest BCUT2D eigenvalue weighted by Crippen LogP contribution is 2.29. The fourth-order valence-electron chi connectivity index (χ4n) is 3.14. The van der Waals surface area contributed by atoms with Gasteiger partial charge in [0.15, 0.2) is 0 Å². The second-order valence-electron chi connectivity index (χ2n) is 6.92. The van der Waals surface area contributed by atoms with Gasteiger partial charge in [-0.05, 0) is 32.0 Å². The van der Waals surface area contributed by atoms with Crippen molar-refractivity contribution in [2.75, 3.05) is 13.6 Å². The van der Waals surface area contributed by atoms with Crippen molar-refractivity contribution >= 4 is 16.8 Å². The fraction of sp³-hybridized carbons (Fsp3) is 0.444. The molecule has 1 N–H and O–H groups in total. The average molecular weight is 354 g/mol. The van der Waals surface area contributed by atoms with E-state index < -0.39 is 0 Å². The van der Waals surface area contributed by atoms with Gasteiger partial charge in [-0.15, -0.1) is 0 Å². The van der Waals surface area contributed by atoms with Gasteiger partial charge in [-0.1, -0.05) is 0 Å². The Balaban J connectivity index is 1.78. The molecule has 0 spiro atoms. The van der Waals surface area contributed by atoms with Gasteiger partial charge < -0.3 is 9.64 Å². The number of aromatic nitrogens is 5. The van der Waals surface area contributed by atoms with Crippen LogP contribution in [0.3, 0.4) is 0 Å². The number of carbonyl (C=O) groups is 1. The molecule has 0 radical (unpaired) electrons. The molecule has 8 heteroatoms. The van der Waals surface area contributed by atoms with Crippen LogP contribution >= 0.6 is 0 Å². The highest BCUT2D eigenvalue weighted by atomic mass is 16.5. The number of H-pyrrole nitrogens is 1. The highest BCUT2D eigenvalue weighted by molar-refractivity contribution is 5.92. The summed E-state index contributed by atoms with van der Waals surface area (Å²) in [6, 6.07) is 5.72. The largest absolute Gasteiger partial charge is 0.491 e. The zero-order chi connectivity index (χ0) is 18.3. The Labute approximate surface area is 151 Å². The molecular formula is C18H22N6O2. The van der Waals surface area contributed by atoms with E-state index in [0.29, 0.717) is 18.7 Å². The molecular weight excluding hydrogens is 332 g/mol. The maximum absolute atomic E-state index is 12.4. The summed E-state index contributed by atoms with van der Waals surface area (Å²) in [5, 5.41) is 17.2. The molecule has 0 saturated heterocycles. The Morgan fingerprint density at radius 2 is 2.15 bits per heavy atom. The Kier molecular flexibility index (Phi) is 4.10. The molecule has 1 amide bonds. The van der Waals surface area contributed by atoms with E-state index in [1.807, 2.05) is 39.1 Å². The van der Waals surface area contributed by atoms with Gasteiger partial charge in [-0.3, -0.25) is 9.89 Å². The quantitative estimate of drug-likeness (QED) is 0.670. The second kappa shape index (κ2) is 6.44. The monoisotopic (exact) mass is 354 g/mol. The summed E-state index contributed by atoms with van der Waals surface area (Å²) in [7, 11) is 1.82. The maximum atomic E-state index is 12.4. The summed E-state index contributed by atoms with van der Waals surface area (Å²) in [4.78, 5) is 15.8. The van der Waals surface area contributed by atoms with E-state index in [4.69, 9.17) is 4.74 Å². The smallest absolute Gasteiger partial charge is 0.224 e. The lowest BCUT2D eigenvalue weighted by Crippen LogP contribution is -2.32. The van der Waals surface area contributed by atoms with E-state index in [1.165, 1.54) is 0 Å². The average Bonchev–Trinajstić information content (AvgIpc) is 3.25. The maximum Gasteiger partial charge on any atom is 0.224 e. The number of aromatic amines is 1. The number of hydrogen-bond acceptors (Lipinski definition) is 5. The number of nitrogens with one attached hydrogen (secondary N) is 1. The van der Waals surface area contributed by atoms with Gasteiger partial charge in [0.05, 0.1) is 30.3 Å². The van der Waals surface area contributed by atoms with Crippen LogP contribution < -0.4 is 4.74 Å². The molecule has 3 aromatic rings. The molecule has 0 aliphatic carbocycles. The lowest BCUT2D eigenvalue weighted by Gasteiger charge is -2.22. The number of ether oxygens (including phenoxy) is 1. The Bertz CT molecular complexity index is 946. The number of benzene rings is 1. The molecule has 4 bridgehead atoms. The van der Waals surface area contributed by atoms with Gasteiger partial charge in [-0.25, -0.2) is 0 Å². The van der Waals surface area contributed by atoms with Crippen molar-refractivity contribution in [3.63, 3.8) is 0 Å². The summed E-state index contributed by atoms with van der Waals surface area (Å²) >= 11 is 0. The third kappa shape index (κ3) is 3.02. The number of amides is 1. The third-order valence-corrected chi connectivity index (χ3v) is 4.78. The van der Waals surface area contributed by atoms with Crippen molar-refractivity contribution in [1.82, 2.24) is 30.1 Å². The Morgan fingerprint density at radius 3 is 3.00 bits per heavy atom. The molecule has 0 fully saturated rings. The van der Waals surface area contributed by atoms with Gasteiger partial charge in [0.1, 0.15) is 17.1 Å². The van der Waals surface area contributed by atoms with Gasteiger partial charge in [-0.2, -0.15) is 20.1 Å². The van der Waals surface area contributed by atoms with Crippen molar-refractivity contribution < 1.29 is 9.53 Å². The normalized spacial score (nSPS) is 21.5. The molecule has 26 heavy (non-hydrogen) atoms. The van der Waals surface area contributed by atoms with E-state index in [2.05, 4.69) is 20.4 Å². The van der Waals surface area contributed by atoms with Crippen LogP contribution in [0, 0.1) is 0 Å². The number of rotatable bonds is 0. The number of nitrogens with zero attached hydrogens (tertiary/aromatic N) is 5. The lowest BCUT2D eigenvalue weighted by atomic mass is 10.1. The zero-order valence-corrected chi connectivity index (χ0v) is 15.1. The summed E-state index contributed by atoms with van der Waals surface area (Å²) in [5.74, 6) is 0.846. The van der Waals surface area contributed by atoms with Gasteiger partial charge in [0.25, 0.3) is 0 Å². The van der Waals surface area contributed by atoms with Crippen molar-refractivity contribution in [1.29, 1.82) is 0 Å². The van der Waals surface area contributed by atoms with Crippen LogP contribution in [0.4, 0.5) is 0 Å². The number of fused-ring (bicyclic) bond motifs is 4. The van der Waals surface area contributed by atoms with Crippen molar-refractivity contribution in [3.8, 4) is 17.1 Å². The summed E-state index contributed by atoms with van der Waals surface area (Å²) < 4.78 is 6.04. The van der Waals surface area contributed by atoms with Crippen LogP contribution in [0.2, 0.25) is 0 Å². The Hall–Kier alpha value is -2.90. The first kappa shape index (κ1) is 16.6. The minimum atomic E-state index is -0.127. The number of carbonyl (C=O) groups excluding carboxylic acids is 1. The number of hydrogen-bond donors (Lipinski definition) is 1. The van der Waals surface area contributed by atoms with E-state index >= 15 is 0 Å². The minimum Gasteiger partial charge on any atom is -0.491 e. The second-order valence-corrected chi connectivity index (χ2v) is 6.92.